The van der Waals surface area contributed by atoms with Gasteiger partial charge in [0.05, 0.1) is 0 Å². The van der Waals surface area contributed by atoms with Gasteiger partial charge in [-0.2, -0.15) is 0 Å². The van der Waals surface area contributed by atoms with E-state index in [1.165, 1.54) is 32.1 Å². The molecule has 2 rings (SSSR count). The number of hydrogen-bond acceptors (Lipinski definition) is 2. The topological polar surface area (TPSA) is 46.3 Å². The minimum Gasteiger partial charge on any atom is -0.340 e. The fourth-order valence-electron chi connectivity index (χ4n) is 3.36. The van der Waals surface area contributed by atoms with Crippen LogP contribution in [0.25, 0.3) is 0 Å². The van der Waals surface area contributed by atoms with Crippen LogP contribution in [0.1, 0.15) is 65.2 Å². The van der Waals surface area contributed by atoms with Gasteiger partial charge in [-0.1, -0.05) is 19.3 Å². The van der Waals surface area contributed by atoms with E-state index in [0.29, 0.717) is 24.9 Å². The maximum Gasteiger partial charge on any atom is 0.223 e. The monoisotopic (exact) mass is 266 g/mol. The Labute approximate surface area is 117 Å². The van der Waals surface area contributed by atoms with Crippen molar-refractivity contribution < 1.29 is 4.79 Å². The second-order valence-electron chi connectivity index (χ2n) is 7.02. The lowest BCUT2D eigenvalue weighted by molar-refractivity contribution is -0.136. The second kappa shape index (κ2) is 6.25. The third-order valence-electron chi connectivity index (χ3n) is 4.97. The fourth-order valence-corrected chi connectivity index (χ4v) is 3.36. The first-order valence-electron chi connectivity index (χ1n) is 8.06. The first-order chi connectivity index (χ1) is 9.06. The highest BCUT2D eigenvalue weighted by Gasteiger charge is 2.36. The highest BCUT2D eigenvalue weighted by molar-refractivity contribution is 5.77. The largest absolute Gasteiger partial charge is 0.340 e. The van der Waals surface area contributed by atoms with Gasteiger partial charge in [0.2, 0.25) is 5.91 Å². The Morgan fingerprint density at radius 2 is 1.89 bits per heavy atom. The zero-order valence-electron chi connectivity index (χ0n) is 12.7. The Morgan fingerprint density at radius 1 is 1.26 bits per heavy atom. The highest BCUT2D eigenvalue weighted by Crippen LogP contribution is 2.39. The standard InChI is InChI=1S/C16H30N2O/c1-13(2)18(11-14-6-7-14)15(19)10-16(12-17)8-4-3-5-9-16/h13-14H,3-12,17H2,1-2H3. The van der Waals surface area contributed by atoms with Gasteiger partial charge in [0, 0.05) is 19.0 Å². The van der Waals surface area contributed by atoms with Crippen LogP contribution in [-0.4, -0.2) is 29.9 Å². The number of hydrogen-bond donors (Lipinski definition) is 1. The first-order valence-corrected chi connectivity index (χ1v) is 8.06. The summed E-state index contributed by atoms with van der Waals surface area (Å²) in [4.78, 5) is 14.8. The third-order valence-corrected chi connectivity index (χ3v) is 4.97. The number of rotatable bonds is 6. The number of nitrogens with two attached hydrogens (primary N) is 1. The molecule has 2 aliphatic carbocycles. The average Bonchev–Trinajstić information content (AvgIpc) is 3.20. The van der Waals surface area contributed by atoms with Crippen LogP contribution in [-0.2, 0) is 4.79 Å². The number of amides is 1. The van der Waals surface area contributed by atoms with Crippen LogP contribution in [0.3, 0.4) is 0 Å². The van der Waals surface area contributed by atoms with Gasteiger partial charge in [-0.3, -0.25) is 4.79 Å². The van der Waals surface area contributed by atoms with Crippen LogP contribution >= 0.6 is 0 Å². The minimum atomic E-state index is 0.103. The summed E-state index contributed by atoms with van der Waals surface area (Å²) in [5, 5.41) is 0. The molecule has 0 saturated heterocycles. The summed E-state index contributed by atoms with van der Waals surface area (Å²) >= 11 is 0. The van der Waals surface area contributed by atoms with Crippen molar-refractivity contribution >= 4 is 5.91 Å². The van der Waals surface area contributed by atoms with Crippen molar-refractivity contribution in [1.82, 2.24) is 4.90 Å². The molecule has 0 aliphatic heterocycles. The van der Waals surface area contributed by atoms with Gasteiger partial charge in [0.15, 0.2) is 0 Å². The lowest BCUT2D eigenvalue weighted by atomic mass is 9.71. The molecule has 0 spiro atoms. The normalized spacial score (nSPS) is 22.5. The number of nitrogens with zero attached hydrogens (tertiary/aromatic N) is 1. The van der Waals surface area contributed by atoms with Crippen molar-refractivity contribution in [2.45, 2.75) is 71.3 Å². The maximum atomic E-state index is 12.7. The molecular formula is C16H30N2O. The fraction of sp³-hybridized carbons (Fsp3) is 0.938. The van der Waals surface area contributed by atoms with E-state index in [1.54, 1.807) is 0 Å². The van der Waals surface area contributed by atoms with Gasteiger partial charge >= 0.3 is 0 Å². The Kier molecular flexibility index (Phi) is 4.88. The van der Waals surface area contributed by atoms with Crippen molar-refractivity contribution in [1.29, 1.82) is 0 Å². The molecule has 0 unspecified atom stereocenters. The quantitative estimate of drug-likeness (QED) is 0.803. The summed E-state index contributed by atoms with van der Waals surface area (Å²) in [6, 6.07) is 0.325. The van der Waals surface area contributed by atoms with Gasteiger partial charge in [-0.15, -0.1) is 0 Å². The van der Waals surface area contributed by atoms with Crippen LogP contribution in [0.2, 0.25) is 0 Å². The van der Waals surface area contributed by atoms with E-state index in [4.69, 9.17) is 5.73 Å². The van der Waals surface area contributed by atoms with Crippen molar-refractivity contribution in [2.24, 2.45) is 17.1 Å². The molecule has 2 fully saturated rings. The zero-order valence-corrected chi connectivity index (χ0v) is 12.7. The van der Waals surface area contributed by atoms with Gasteiger partial charge in [0.25, 0.3) is 0 Å². The van der Waals surface area contributed by atoms with Gasteiger partial charge in [0.1, 0.15) is 0 Å². The average molecular weight is 266 g/mol. The molecule has 3 heteroatoms. The zero-order chi connectivity index (χ0) is 13.9. The van der Waals surface area contributed by atoms with Crippen LogP contribution < -0.4 is 5.73 Å². The van der Waals surface area contributed by atoms with Gasteiger partial charge < -0.3 is 10.6 Å². The van der Waals surface area contributed by atoms with E-state index in [1.807, 2.05) is 0 Å². The van der Waals surface area contributed by atoms with Gasteiger partial charge in [-0.25, -0.2) is 0 Å². The second-order valence-corrected chi connectivity index (χ2v) is 7.02. The molecule has 2 N–H and O–H groups in total. The summed E-state index contributed by atoms with van der Waals surface area (Å²) in [6.45, 7) is 5.91. The first kappa shape index (κ1) is 14.8. The molecule has 0 aromatic heterocycles. The van der Waals surface area contributed by atoms with E-state index >= 15 is 0 Å². The Morgan fingerprint density at radius 3 is 2.37 bits per heavy atom. The molecule has 0 heterocycles. The van der Waals surface area contributed by atoms with Crippen molar-refractivity contribution in [2.75, 3.05) is 13.1 Å². The van der Waals surface area contributed by atoms with E-state index in [2.05, 4.69) is 18.7 Å². The molecule has 0 aromatic carbocycles. The molecule has 0 aromatic rings. The van der Waals surface area contributed by atoms with Crippen molar-refractivity contribution in [3.63, 3.8) is 0 Å². The summed E-state index contributed by atoms with van der Waals surface area (Å²) in [5.74, 6) is 1.11. The van der Waals surface area contributed by atoms with Crippen LogP contribution in [0.5, 0.6) is 0 Å². The third kappa shape index (κ3) is 3.95. The molecule has 2 saturated carbocycles. The highest BCUT2D eigenvalue weighted by atomic mass is 16.2. The van der Waals surface area contributed by atoms with Crippen molar-refractivity contribution in [3.05, 3.63) is 0 Å². The molecule has 2 aliphatic rings. The van der Waals surface area contributed by atoms with E-state index in [9.17, 15) is 4.79 Å². The molecule has 0 bridgehead atoms. The molecule has 0 radical (unpaired) electrons. The molecule has 0 atom stereocenters. The van der Waals surface area contributed by atoms with E-state index in [-0.39, 0.29) is 5.41 Å². The predicted octanol–water partition coefficient (Wildman–Crippen LogP) is 2.93. The smallest absolute Gasteiger partial charge is 0.223 e. The summed E-state index contributed by atoms with van der Waals surface area (Å²) < 4.78 is 0. The minimum absolute atomic E-state index is 0.103. The van der Waals surface area contributed by atoms with E-state index < -0.39 is 0 Å². The predicted molar refractivity (Wildman–Crippen MR) is 78.8 cm³/mol. The Bertz CT molecular complexity index is 304. The van der Waals surface area contributed by atoms with E-state index in [0.717, 1.165) is 25.3 Å². The van der Waals surface area contributed by atoms with Crippen LogP contribution in [0.15, 0.2) is 0 Å². The molecule has 19 heavy (non-hydrogen) atoms. The lowest BCUT2D eigenvalue weighted by Gasteiger charge is -2.38. The molecule has 3 nitrogen and oxygen atoms in total. The summed E-state index contributed by atoms with van der Waals surface area (Å²) in [7, 11) is 0. The number of carbonyl (C=O) groups excluding carboxylic acids is 1. The molecular weight excluding hydrogens is 236 g/mol. The molecule has 110 valence electrons. The number of carbonyl (C=O) groups is 1. The van der Waals surface area contributed by atoms with Crippen LogP contribution in [0.4, 0.5) is 0 Å². The lowest BCUT2D eigenvalue weighted by Crippen LogP contribution is -2.44. The Hall–Kier alpha value is -0.570. The Balaban J connectivity index is 1.95. The van der Waals surface area contributed by atoms with Gasteiger partial charge in [-0.05, 0) is 57.4 Å². The summed E-state index contributed by atoms with van der Waals surface area (Å²) in [5.41, 5.74) is 6.11. The van der Waals surface area contributed by atoms with Crippen LogP contribution in [0, 0.1) is 11.3 Å². The SMILES string of the molecule is CC(C)N(CC1CC1)C(=O)CC1(CN)CCCCC1. The summed E-state index contributed by atoms with van der Waals surface area (Å²) in [6.07, 6.45) is 9.37. The molecule has 1 amide bonds. The maximum absolute atomic E-state index is 12.7. The van der Waals surface area contributed by atoms with Crippen molar-refractivity contribution in [3.8, 4) is 0 Å².